The molecule has 0 saturated carbocycles. The second kappa shape index (κ2) is 4.70. The number of benzene rings is 2. The molecule has 4 rings (SSSR count). The average Bonchev–Trinajstić information content (AvgIpc) is 3.14. The molecular formula is C16H9FN4O. The van der Waals surface area contributed by atoms with Crippen LogP contribution in [-0.4, -0.2) is 5.91 Å². The molecule has 0 unspecified atom stereocenters. The number of carbonyl (C=O) groups excluding carboxylic acids is 1. The lowest BCUT2D eigenvalue weighted by molar-refractivity contribution is -0.111. The van der Waals surface area contributed by atoms with Crippen LogP contribution in [0.3, 0.4) is 0 Å². The van der Waals surface area contributed by atoms with E-state index in [9.17, 15) is 9.18 Å². The molecule has 2 aromatic rings. The van der Waals surface area contributed by atoms with Crippen LogP contribution in [0.5, 0.6) is 0 Å². The molecule has 22 heavy (non-hydrogen) atoms. The number of hydrogen-bond acceptors (Lipinski definition) is 4. The van der Waals surface area contributed by atoms with Crippen molar-refractivity contribution >= 4 is 28.9 Å². The second-order valence-corrected chi connectivity index (χ2v) is 4.89. The molecule has 0 radical (unpaired) electrons. The highest BCUT2D eigenvalue weighted by Crippen LogP contribution is 2.26. The van der Waals surface area contributed by atoms with Crippen LogP contribution in [-0.2, 0) is 4.79 Å². The minimum absolute atomic E-state index is 0.280. The first kappa shape index (κ1) is 12.6. The summed E-state index contributed by atoms with van der Waals surface area (Å²) >= 11 is 0. The van der Waals surface area contributed by atoms with Crippen LogP contribution in [0.4, 0.5) is 15.8 Å². The molecule has 2 aliphatic rings. The summed E-state index contributed by atoms with van der Waals surface area (Å²) in [4.78, 5) is 12.5. The molecule has 1 N–H and O–H groups in total. The fourth-order valence-corrected chi connectivity index (χ4v) is 2.49. The zero-order chi connectivity index (χ0) is 15.1. The topological polar surface area (TPSA) is 66.2 Å². The van der Waals surface area contributed by atoms with Gasteiger partial charge in [-0.1, -0.05) is 12.1 Å². The summed E-state index contributed by atoms with van der Waals surface area (Å²) < 4.78 is 12.9. The molecule has 6 heteroatoms. The number of nitrogens with one attached hydrogen (secondary N) is 1. The molecule has 0 atom stereocenters. The number of hydrogen-bond donors (Lipinski definition) is 1. The Bertz CT molecular complexity index is 974. The summed E-state index contributed by atoms with van der Waals surface area (Å²) in [5.41, 5.74) is 2.35. The lowest BCUT2D eigenvalue weighted by Crippen LogP contribution is -2.18. The number of carbonyl (C=O) groups is 1. The average molecular weight is 292 g/mol. The third-order valence-corrected chi connectivity index (χ3v) is 3.53. The Morgan fingerprint density at radius 1 is 1.05 bits per heavy atom. The van der Waals surface area contributed by atoms with E-state index in [1.807, 2.05) is 18.2 Å². The number of amides is 1. The van der Waals surface area contributed by atoms with Crippen molar-refractivity contribution < 1.29 is 9.18 Å². The first-order valence-electron chi connectivity index (χ1n) is 6.63. The van der Waals surface area contributed by atoms with Crippen LogP contribution >= 0.6 is 0 Å². The van der Waals surface area contributed by atoms with Crippen LogP contribution in [0.1, 0.15) is 5.56 Å². The smallest absolute Gasteiger partial charge is 0.256 e. The molecule has 106 valence electrons. The Morgan fingerprint density at radius 2 is 1.86 bits per heavy atom. The van der Waals surface area contributed by atoms with Crippen LogP contribution < -0.4 is 15.9 Å². The number of nitrogens with zero attached hydrogens (tertiary/aromatic N) is 3. The third-order valence-electron chi connectivity index (χ3n) is 3.53. The van der Waals surface area contributed by atoms with E-state index in [4.69, 9.17) is 0 Å². The Labute approximate surface area is 124 Å². The molecule has 0 aromatic heterocycles. The van der Waals surface area contributed by atoms with Gasteiger partial charge in [-0.15, -0.1) is 10.2 Å². The van der Waals surface area contributed by atoms with Crippen LogP contribution in [0.15, 0.2) is 57.9 Å². The maximum Gasteiger partial charge on any atom is 0.256 e. The Kier molecular flexibility index (Phi) is 2.69. The zero-order valence-corrected chi connectivity index (χ0v) is 11.2. The molecule has 1 heterocycles. The lowest BCUT2D eigenvalue weighted by Gasteiger charge is -2.08. The molecule has 1 aliphatic heterocycles. The summed E-state index contributed by atoms with van der Waals surface area (Å²) in [5.74, 6) is -0.631. The number of allylic oxidation sites excluding steroid dienone is 1. The van der Waals surface area contributed by atoms with Gasteiger partial charge in [-0.05, 0) is 46.8 Å². The number of anilines is 1. The normalized spacial score (nSPS) is 13.8. The predicted molar refractivity (Wildman–Crippen MR) is 79.2 cm³/mol. The van der Waals surface area contributed by atoms with E-state index in [1.165, 1.54) is 24.3 Å². The first-order chi connectivity index (χ1) is 10.7. The SMILES string of the molecule is O=C(Nc1ccc(F)cc1)C1=CC=c2ccc3c(c21)N=NN=3. The van der Waals surface area contributed by atoms with Gasteiger partial charge in [0, 0.05) is 16.8 Å². The fourth-order valence-electron chi connectivity index (χ4n) is 2.49. The fraction of sp³-hybridized carbons (Fsp3) is 0. The highest BCUT2D eigenvalue weighted by Gasteiger charge is 2.22. The maximum absolute atomic E-state index is 12.9. The van der Waals surface area contributed by atoms with Crippen molar-refractivity contribution in [1.82, 2.24) is 0 Å². The summed E-state index contributed by atoms with van der Waals surface area (Å²) in [6.45, 7) is 0. The first-order valence-corrected chi connectivity index (χ1v) is 6.63. The van der Waals surface area contributed by atoms with Gasteiger partial charge in [-0.3, -0.25) is 4.79 Å². The molecule has 1 amide bonds. The van der Waals surface area contributed by atoms with Gasteiger partial charge in [0.15, 0.2) is 0 Å². The summed E-state index contributed by atoms with van der Waals surface area (Å²) in [6.07, 6.45) is 3.58. The monoisotopic (exact) mass is 292 g/mol. The third kappa shape index (κ3) is 1.93. The van der Waals surface area contributed by atoms with E-state index in [0.29, 0.717) is 22.3 Å². The maximum atomic E-state index is 12.9. The minimum Gasteiger partial charge on any atom is -0.322 e. The van der Waals surface area contributed by atoms with Crippen molar-refractivity contribution in [3.05, 3.63) is 64.4 Å². The zero-order valence-electron chi connectivity index (χ0n) is 11.2. The number of rotatable bonds is 2. The van der Waals surface area contributed by atoms with E-state index in [1.54, 1.807) is 6.08 Å². The van der Waals surface area contributed by atoms with Gasteiger partial charge in [0.05, 0.1) is 0 Å². The summed E-state index contributed by atoms with van der Waals surface area (Å²) in [5, 5.41) is 15.8. The van der Waals surface area contributed by atoms with Crippen molar-refractivity contribution in [2.24, 2.45) is 15.4 Å². The Morgan fingerprint density at radius 3 is 2.68 bits per heavy atom. The van der Waals surface area contributed by atoms with Gasteiger partial charge in [0.2, 0.25) is 0 Å². The van der Waals surface area contributed by atoms with Gasteiger partial charge in [-0.25, -0.2) is 4.39 Å². The largest absolute Gasteiger partial charge is 0.322 e. The standard InChI is InChI=1S/C16H9FN4O/c17-10-3-5-11(6-4-10)18-16(22)12-7-1-9-2-8-13-15(14(9)12)20-21-19-13/h1-8H,(H,18,22). The quantitative estimate of drug-likeness (QED) is 0.906. The van der Waals surface area contributed by atoms with Crippen molar-refractivity contribution in [3.63, 3.8) is 0 Å². The van der Waals surface area contributed by atoms with Crippen LogP contribution in [0.25, 0.3) is 11.6 Å². The van der Waals surface area contributed by atoms with Gasteiger partial charge < -0.3 is 5.32 Å². The van der Waals surface area contributed by atoms with E-state index < -0.39 is 0 Å². The molecular weight excluding hydrogens is 283 g/mol. The van der Waals surface area contributed by atoms with Gasteiger partial charge in [-0.2, -0.15) is 0 Å². The molecule has 0 fully saturated rings. The van der Waals surface area contributed by atoms with E-state index in [0.717, 1.165) is 10.8 Å². The predicted octanol–water partition coefficient (Wildman–Crippen LogP) is 2.27. The van der Waals surface area contributed by atoms with Gasteiger partial charge in [0.25, 0.3) is 5.91 Å². The number of fused-ring (bicyclic) bond motifs is 3. The second-order valence-electron chi connectivity index (χ2n) is 4.89. The van der Waals surface area contributed by atoms with Gasteiger partial charge in [0.1, 0.15) is 16.9 Å². The minimum atomic E-state index is -0.350. The highest BCUT2D eigenvalue weighted by atomic mass is 19.1. The lowest BCUT2D eigenvalue weighted by atomic mass is 10.0. The molecule has 0 bridgehead atoms. The molecule has 2 aromatic carbocycles. The molecule has 5 nitrogen and oxygen atoms in total. The molecule has 0 saturated heterocycles. The van der Waals surface area contributed by atoms with Crippen molar-refractivity contribution in [1.29, 1.82) is 0 Å². The molecule has 0 spiro atoms. The van der Waals surface area contributed by atoms with Crippen molar-refractivity contribution in [2.75, 3.05) is 5.32 Å². The summed E-state index contributed by atoms with van der Waals surface area (Å²) in [6, 6.07) is 9.31. The van der Waals surface area contributed by atoms with E-state index in [2.05, 4.69) is 20.8 Å². The van der Waals surface area contributed by atoms with Crippen molar-refractivity contribution in [2.45, 2.75) is 0 Å². The number of halogens is 1. The molecule has 1 aliphatic carbocycles. The van der Waals surface area contributed by atoms with Crippen LogP contribution in [0.2, 0.25) is 0 Å². The van der Waals surface area contributed by atoms with Gasteiger partial charge >= 0.3 is 0 Å². The van der Waals surface area contributed by atoms with Crippen molar-refractivity contribution in [3.8, 4) is 0 Å². The Balaban J connectivity index is 1.69. The summed E-state index contributed by atoms with van der Waals surface area (Å²) in [7, 11) is 0. The Hall–Kier alpha value is -3.15. The van der Waals surface area contributed by atoms with Crippen LogP contribution in [0, 0.1) is 5.82 Å². The van der Waals surface area contributed by atoms with E-state index in [-0.39, 0.29) is 11.7 Å². The van der Waals surface area contributed by atoms with E-state index >= 15 is 0 Å². The highest BCUT2D eigenvalue weighted by molar-refractivity contribution is 6.28.